The van der Waals surface area contributed by atoms with E-state index >= 15 is 0 Å². The van der Waals surface area contributed by atoms with Gasteiger partial charge in [-0.1, -0.05) is 42.5 Å². The molecule has 0 aliphatic rings. The summed E-state index contributed by atoms with van der Waals surface area (Å²) < 4.78 is 17.3. The van der Waals surface area contributed by atoms with Gasteiger partial charge in [0.25, 0.3) is 0 Å². The Morgan fingerprint density at radius 3 is 2.11 bits per heavy atom. The molecule has 13 heteroatoms. The molecule has 46 heavy (non-hydrogen) atoms. The Morgan fingerprint density at radius 2 is 1.54 bits per heavy atom. The Labute approximate surface area is 273 Å². The fourth-order valence-corrected chi connectivity index (χ4v) is 5.04. The standard InChI is InChI=1S/C33H47N5O7S/c1-22(34)35-27(20-24-12-14-25(39)15-13-24)31(42)36-26(17-19-46(6)44)30(41)37-28(21-23-10-8-7-9-11-23)32(43)38(5)18-16-29(40)45-33(2,3)4/h7-15,26-28,39H,16-21H2,1-6H3,(H2,34,35)(H,36,42)(H,37,41)/t26-,27+,28+,46?/m1/s1. The van der Waals surface area contributed by atoms with Crippen molar-refractivity contribution >= 4 is 40.3 Å². The van der Waals surface area contributed by atoms with Gasteiger partial charge in [0.1, 0.15) is 29.5 Å². The Kier molecular flexibility index (Phi) is 14.9. The van der Waals surface area contributed by atoms with Crippen molar-refractivity contribution in [2.45, 2.75) is 77.1 Å². The molecule has 0 saturated heterocycles. The zero-order valence-electron chi connectivity index (χ0n) is 27.4. The van der Waals surface area contributed by atoms with Gasteiger partial charge in [-0.2, -0.15) is 0 Å². The molecule has 12 nitrogen and oxygen atoms in total. The number of esters is 1. The van der Waals surface area contributed by atoms with E-state index in [9.17, 15) is 28.5 Å². The number of benzene rings is 2. The molecule has 5 N–H and O–H groups in total. The van der Waals surface area contributed by atoms with Crippen LogP contribution < -0.4 is 16.4 Å². The van der Waals surface area contributed by atoms with E-state index in [0.717, 1.165) is 5.56 Å². The summed E-state index contributed by atoms with van der Waals surface area (Å²) in [6.07, 6.45) is 1.80. The minimum absolute atomic E-state index is 0.0317. The van der Waals surface area contributed by atoms with Gasteiger partial charge in [0.2, 0.25) is 17.7 Å². The quantitative estimate of drug-likeness (QED) is 0.120. The summed E-state index contributed by atoms with van der Waals surface area (Å²) in [6, 6.07) is 12.3. The first-order valence-corrected chi connectivity index (χ1v) is 16.8. The molecular weight excluding hydrogens is 610 g/mol. The fourth-order valence-electron chi connectivity index (χ4n) is 4.47. The van der Waals surface area contributed by atoms with Crippen LogP contribution >= 0.6 is 0 Å². The van der Waals surface area contributed by atoms with Crippen molar-refractivity contribution in [2.75, 3.05) is 25.6 Å². The molecule has 2 rings (SSSR count). The summed E-state index contributed by atoms with van der Waals surface area (Å²) in [4.78, 5) is 58.7. The molecule has 252 valence electrons. The third kappa shape index (κ3) is 14.2. The lowest BCUT2D eigenvalue weighted by molar-refractivity contribution is -0.155. The van der Waals surface area contributed by atoms with E-state index in [1.807, 2.05) is 30.3 Å². The molecule has 0 radical (unpaired) electrons. The van der Waals surface area contributed by atoms with Crippen molar-refractivity contribution in [3.05, 3.63) is 65.7 Å². The number of amides is 3. The van der Waals surface area contributed by atoms with Gasteiger partial charge in [-0.05, 0) is 57.4 Å². The second-order valence-electron chi connectivity index (χ2n) is 12.1. The average Bonchev–Trinajstić information content (AvgIpc) is 2.97. The van der Waals surface area contributed by atoms with Gasteiger partial charge >= 0.3 is 5.97 Å². The molecule has 0 aromatic heterocycles. The third-order valence-corrected chi connectivity index (χ3v) is 7.51. The highest BCUT2D eigenvalue weighted by molar-refractivity contribution is 7.84. The second kappa shape index (κ2) is 18.0. The molecule has 1 unspecified atom stereocenters. The van der Waals surface area contributed by atoms with Crippen LogP contribution in [0.2, 0.25) is 0 Å². The number of carbonyl (C=O) groups excluding carboxylic acids is 4. The van der Waals surface area contributed by atoms with Crippen molar-refractivity contribution in [3.63, 3.8) is 0 Å². The summed E-state index contributed by atoms with van der Waals surface area (Å²) >= 11 is 0. The van der Waals surface area contributed by atoms with Gasteiger partial charge in [0, 0.05) is 49.2 Å². The van der Waals surface area contributed by atoms with Crippen LogP contribution in [-0.4, -0.2) is 93.1 Å². The number of likely N-dealkylation sites (N-methyl/N-ethyl adjacent to an activating group) is 1. The number of hydrogen-bond donors (Lipinski definition) is 4. The minimum Gasteiger partial charge on any atom is -0.508 e. The number of ether oxygens (including phenoxy) is 1. The van der Waals surface area contributed by atoms with Crippen LogP contribution in [0.4, 0.5) is 0 Å². The van der Waals surface area contributed by atoms with Gasteiger partial charge in [0.15, 0.2) is 0 Å². The van der Waals surface area contributed by atoms with Gasteiger partial charge in [-0.25, -0.2) is 0 Å². The number of aliphatic imine (C=N–C) groups is 1. The normalized spacial score (nSPS) is 14.3. The maximum atomic E-state index is 13.7. The largest absolute Gasteiger partial charge is 0.508 e. The van der Waals surface area contributed by atoms with Crippen molar-refractivity contribution in [2.24, 2.45) is 10.7 Å². The number of carbonyl (C=O) groups is 4. The topological polar surface area (TPSA) is 180 Å². The molecule has 0 spiro atoms. The SMILES string of the molecule is CC(N)=N[C@@H](Cc1ccc(O)cc1)C(=O)N[C@H](CCS(C)=O)C(=O)N[C@@H](Cc1ccccc1)C(=O)N(C)CCC(=O)OC(C)(C)C. The summed E-state index contributed by atoms with van der Waals surface area (Å²) in [5, 5.41) is 15.1. The first-order valence-electron chi connectivity index (χ1n) is 15.0. The van der Waals surface area contributed by atoms with Gasteiger partial charge in [0.05, 0.1) is 12.3 Å². The predicted molar refractivity (Wildman–Crippen MR) is 179 cm³/mol. The van der Waals surface area contributed by atoms with E-state index < -0.39 is 58.2 Å². The molecule has 0 saturated carbocycles. The third-order valence-electron chi connectivity index (χ3n) is 6.70. The smallest absolute Gasteiger partial charge is 0.308 e. The van der Waals surface area contributed by atoms with Crippen molar-refractivity contribution in [3.8, 4) is 5.75 Å². The number of nitrogens with zero attached hydrogens (tertiary/aromatic N) is 2. The molecule has 2 aromatic rings. The number of amidine groups is 1. The van der Waals surface area contributed by atoms with E-state index in [4.69, 9.17) is 10.5 Å². The number of hydrogen-bond acceptors (Lipinski definition) is 8. The molecule has 2 aromatic carbocycles. The average molecular weight is 658 g/mol. The molecular formula is C33H47N5O7S. The number of nitrogens with one attached hydrogen (secondary N) is 2. The highest BCUT2D eigenvalue weighted by Crippen LogP contribution is 2.14. The van der Waals surface area contributed by atoms with Crippen LogP contribution in [0, 0.1) is 0 Å². The lowest BCUT2D eigenvalue weighted by Gasteiger charge is -2.27. The highest BCUT2D eigenvalue weighted by atomic mass is 32.2. The Hall–Kier alpha value is -4.26. The predicted octanol–water partition coefficient (Wildman–Crippen LogP) is 1.85. The molecule has 0 fully saturated rings. The van der Waals surface area contributed by atoms with Crippen LogP contribution in [0.3, 0.4) is 0 Å². The van der Waals surface area contributed by atoms with Gasteiger partial charge in [-0.15, -0.1) is 0 Å². The van der Waals surface area contributed by atoms with E-state index in [2.05, 4.69) is 15.6 Å². The monoisotopic (exact) mass is 657 g/mol. The van der Waals surface area contributed by atoms with E-state index in [1.165, 1.54) is 30.3 Å². The van der Waals surface area contributed by atoms with Gasteiger partial charge < -0.3 is 31.1 Å². The van der Waals surface area contributed by atoms with Crippen molar-refractivity contribution < 1.29 is 33.2 Å². The molecule has 3 amide bonds. The Morgan fingerprint density at radius 1 is 0.957 bits per heavy atom. The van der Waals surface area contributed by atoms with Crippen LogP contribution in [-0.2, 0) is 47.6 Å². The zero-order chi connectivity index (χ0) is 34.4. The maximum absolute atomic E-state index is 13.7. The van der Waals surface area contributed by atoms with Crippen molar-refractivity contribution in [1.82, 2.24) is 15.5 Å². The number of phenolic OH excluding ortho intramolecular Hbond substituents is 1. The Balaban J connectivity index is 2.28. The number of aromatic hydroxyl groups is 1. The number of rotatable bonds is 16. The first-order chi connectivity index (χ1) is 21.5. The summed E-state index contributed by atoms with van der Waals surface area (Å²) in [5.41, 5.74) is 6.65. The first kappa shape index (κ1) is 37.9. The van der Waals surface area contributed by atoms with Crippen LogP contribution in [0.1, 0.15) is 51.7 Å². The van der Waals surface area contributed by atoms with Gasteiger partial charge in [-0.3, -0.25) is 28.4 Å². The zero-order valence-corrected chi connectivity index (χ0v) is 28.3. The van der Waals surface area contributed by atoms with E-state index in [-0.39, 0.29) is 49.6 Å². The highest BCUT2D eigenvalue weighted by Gasteiger charge is 2.31. The molecule has 0 aliphatic carbocycles. The summed E-state index contributed by atoms with van der Waals surface area (Å²) in [7, 11) is 0.271. The molecule has 0 aliphatic heterocycles. The van der Waals surface area contributed by atoms with Crippen molar-refractivity contribution in [1.29, 1.82) is 0 Å². The number of phenols is 1. The lowest BCUT2D eigenvalue weighted by atomic mass is 10.0. The Bertz CT molecular complexity index is 1370. The fraction of sp³-hybridized carbons (Fsp3) is 0.485. The lowest BCUT2D eigenvalue weighted by Crippen LogP contribution is -2.56. The molecule has 0 heterocycles. The summed E-state index contributed by atoms with van der Waals surface area (Å²) in [6.45, 7) is 6.88. The van der Waals surface area contributed by atoms with E-state index in [1.54, 1.807) is 39.8 Å². The van der Waals surface area contributed by atoms with Crippen LogP contribution in [0.25, 0.3) is 0 Å². The number of nitrogens with two attached hydrogens (primary N) is 1. The van der Waals surface area contributed by atoms with E-state index in [0.29, 0.717) is 5.56 Å². The minimum atomic E-state index is -1.27. The van der Waals surface area contributed by atoms with Crippen LogP contribution in [0.5, 0.6) is 5.75 Å². The summed E-state index contributed by atoms with van der Waals surface area (Å²) in [5.74, 6) is -1.75. The second-order valence-corrected chi connectivity index (χ2v) is 13.7. The molecule has 0 bridgehead atoms. The molecule has 4 atom stereocenters. The maximum Gasteiger partial charge on any atom is 0.308 e. The van der Waals surface area contributed by atoms with Crippen LogP contribution in [0.15, 0.2) is 59.6 Å².